The molecule has 23 heavy (non-hydrogen) atoms. The smallest absolute Gasteiger partial charge is 0.407 e. The predicted molar refractivity (Wildman–Crippen MR) is 88.7 cm³/mol. The molecule has 1 aromatic rings. The number of hydrogen-bond donors (Lipinski definition) is 2. The molecule has 0 bridgehead atoms. The van der Waals surface area contributed by atoms with Crippen LogP contribution in [0.25, 0.3) is 0 Å². The van der Waals surface area contributed by atoms with E-state index in [4.69, 9.17) is 9.47 Å². The molecular formula is C17H26N2O4. The van der Waals surface area contributed by atoms with Gasteiger partial charge in [-0.15, -0.1) is 0 Å². The molecule has 0 aromatic heterocycles. The molecule has 128 valence electrons. The van der Waals surface area contributed by atoms with Gasteiger partial charge in [-0.05, 0) is 43.5 Å². The zero-order valence-electron chi connectivity index (χ0n) is 14.2. The molecule has 0 saturated carbocycles. The first kappa shape index (κ1) is 18.8. The number of hydrogen-bond acceptors (Lipinski definition) is 4. The van der Waals surface area contributed by atoms with Gasteiger partial charge in [0.2, 0.25) is 0 Å². The van der Waals surface area contributed by atoms with Crippen LogP contribution in [0.4, 0.5) is 4.79 Å². The van der Waals surface area contributed by atoms with E-state index in [0.717, 1.165) is 6.42 Å². The summed E-state index contributed by atoms with van der Waals surface area (Å²) in [6, 6.07) is 6.69. The third-order valence-electron chi connectivity index (χ3n) is 3.21. The van der Waals surface area contributed by atoms with Gasteiger partial charge >= 0.3 is 6.09 Å². The van der Waals surface area contributed by atoms with Gasteiger partial charge in [-0.25, -0.2) is 4.79 Å². The maximum Gasteiger partial charge on any atom is 0.407 e. The van der Waals surface area contributed by atoms with Crippen molar-refractivity contribution < 1.29 is 19.1 Å². The first-order chi connectivity index (χ1) is 11.0. The Balaban J connectivity index is 2.57. The summed E-state index contributed by atoms with van der Waals surface area (Å²) in [5.41, 5.74) is 0.547. The fourth-order valence-corrected chi connectivity index (χ4v) is 2.16. The third kappa shape index (κ3) is 7.04. The second-order valence-electron chi connectivity index (χ2n) is 5.63. The molecule has 0 saturated heterocycles. The van der Waals surface area contributed by atoms with Crippen LogP contribution < -0.4 is 15.4 Å². The topological polar surface area (TPSA) is 76.7 Å². The van der Waals surface area contributed by atoms with Gasteiger partial charge in [0.05, 0.1) is 13.7 Å². The second kappa shape index (κ2) is 9.71. The summed E-state index contributed by atoms with van der Waals surface area (Å²) in [5, 5.41) is 5.62. The van der Waals surface area contributed by atoms with Gasteiger partial charge in [0.1, 0.15) is 5.75 Å². The predicted octanol–water partition coefficient (Wildman–Crippen LogP) is 2.59. The van der Waals surface area contributed by atoms with Gasteiger partial charge in [-0.1, -0.05) is 13.8 Å². The van der Waals surface area contributed by atoms with Crippen molar-refractivity contribution in [1.82, 2.24) is 10.6 Å². The molecule has 0 aliphatic rings. The van der Waals surface area contributed by atoms with Gasteiger partial charge in [0.25, 0.3) is 5.91 Å². The van der Waals surface area contributed by atoms with E-state index < -0.39 is 6.09 Å². The van der Waals surface area contributed by atoms with Crippen molar-refractivity contribution in [3.8, 4) is 5.75 Å². The van der Waals surface area contributed by atoms with E-state index in [-0.39, 0.29) is 11.9 Å². The lowest BCUT2D eigenvalue weighted by atomic mass is 10.0. The summed E-state index contributed by atoms with van der Waals surface area (Å²) in [6.07, 6.45) is 0.290. The highest BCUT2D eigenvalue weighted by Crippen LogP contribution is 2.11. The summed E-state index contributed by atoms with van der Waals surface area (Å²) >= 11 is 0. The number of rotatable bonds is 8. The van der Waals surface area contributed by atoms with Crippen LogP contribution in [0.15, 0.2) is 24.3 Å². The number of alkyl carbamates (subject to hydrolysis) is 1. The van der Waals surface area contributed by atoms with Crippen molar-refractivity contribution in [1.29, 1.82) is 0 Å². The Morgan fingerprint density at radius 1 is 1.17 bits per heavy atom. The van der Waals surface area contributed by atoms with Crippen LogP contribution in [0, 0.1) is 5.92 Å². The monoisotopic (exact) mass is 322 g/mol. The van der Waals surface area contributed by atoms with E-state index in [1.54, 1.807) is 38.3 Å². The SMILES string of the molecule is CCOC(=O)N[C@H](CNC(=O)c1ccc(OC)cc1)CC(C)C. The molecule has 6 nitrogen and oxygen atoms in total. The van der Waals surface area contributed by atoms with E-state index in [0.29, 0.717) is 30.4 Å². The molecule has 1 rings (SSSR count). The van der Waals surface area contributed by atoms with Gasteiger partial charge in [0, 0.05) is 18.2 Å². The van der Waals surface area contributed by atoms with Gasteiger partial charge in [-0.2, -0.15) is 0 Å². The number of ether oxygens (including phenoxy) is 2. The highest BCUT2D eigenvalue weighted by molar-refractivity contribution is 5.94. The first-order valence-corrected chi connectivity index (χ1v) is 7.81. The standard InChI is InChI=1S/C17H26N2O4/c1-5-23-17(21)19-14(10-12(2)3)11-18-16(20)13-6-8-15(22-4)9-7-13/h6-9,12,14H,5,10-11H2,1-4H3,(H,18,20)(H,19,21)/t14-/m0/s1. The maximum absolute atomic E-state index is 12.2. The molecule has 0 spiro atoms. The largest absolute Gasteiger partial charge is 0.497 e. The zero-order chi connectivity index (χ0) is 17.2. The molecule has 2 amide bonds. The Bertz CT molecular complexity index is 500. The number of nitrogens with one attached hydrogen (secondary N) is 2. The van der Waals surface area contributed by atoms with Crippen LogP contribution in [-0.4, -0.2) is 38.3 Å². The van der Waals surface area contributed by atoms with Crippen molar-refractivity contribution in [3.05, 3.63) is 29.8 Å². The van der Waals surface area contributed by atoms with Crippen LogP contribution >= 0.6 is 0 Å². The van der Waals surface area contributed by atoms with E-state index in [9.17, 15) is 9.59 Å². The fraction of sp³-hybridized carbons (Fsp3) is 0.529. The van der Waals surface area contributed by atoms with Crippen LogP contribution in [0.2, 0.25) is 0 Å². The van der Waals surface area contributed by atoms with Crippen molar-refractivity contribution in [2.75, 3.05) is 20.3 Å². The normalized spacial score (nSPS) is 11.7. The number of methoxy groups -OCH3 is 1. The Morgan fingerprint density at radius 3 is 2.35 bits per heavy atom. The number of carbonyl (C=O) groups is 2. The molecule has 0 aliphatic heterocycles. The summed E-state index contributed by atoms with van der Waals surface area (Å²) in [7, 11) is 1.58. The third-order valence-corrected chi connectivity index (χ3v) is 3.21. The Labute approximate surface area is 137 Å². The average Bonchev–Trinajstić information content (AvgIpc) is 2.52. The van der Waals surface area contributed by atoms with Gasteiger partial charge in [0.15, 0.2) is 0 Å². The quantitative estimate of drug-likeness (QED) is 0.771. The minimum absolute atomic E-state index is 0.170. The van der Waals surface area contributed by atoms with Crippen LogP contribution in [0.1, 0.15) is 37.6 Å². The lowest BCUT2D eigenvalue weighted by Gasteiger charge is -2.20. The Kier molecular flexibility index (Phi) is 7.94. The van der Waals surface area contributed by atoms with Crippen LogP contribution in [-0.2, 0) is 4.74 Å². The number of amides is 2. The molecule has 0 fully saturated rings. The van der Waals surface area contributed by atoms with Gasteiger partial charge < -0.3 is 20.1 Å². The second-order valence-corrected chi connectivity index (χ2v) is 5.63. The lowest BCUT2D eigenvalue weighted by Crippen LogP contribution is -2.44. The van der Waals surface area contributed by atoms with Crippen molar-refractivity contribution in [2.45, 2.75) is 33.2 Å². The van der Waals surface area contributed by atoms with E-state index >= 15 is 0 Å². The minimum Gasteiger partial charge on any atom is -0.497 e. The zero-order valence-corrected chi connectivity index (χ0v) is 14.2. The van der Waals surface area contributed by atoms with Crippen molar-refractivity contribution in [3.63, 3.8) is 0 Å². The Hall–Kier alpha value is -2.24. The molecule has 2 N–H and O–H groups in total. The molecule has 0 aliphatic carbocycles. The molecule has 1 aromatic carbocycles. The maximum atomic E-state index is 12.2. The molecule has 0 unspecified atom stereocenters. The fourth-order valence-electron chi connectivity index (χ4n) is 2.16. The lowest BCUT2D eigenvalue weighted by molar-refractivity contribution is 0.0944. The summed E-state index contributed by atoms with van der Waals surface area (Å²) in [4.78, 5) is 23.7. The molecule has 0 heterocycles. The summed E-state index contributed by atoms with van der Waals surface area (Å²) in [5.74, 6) is 0.898. The summed E-state index contributed by atoms with van der Waals surface area (Å²) in [6.45, 7) is 6.54. The highest BCUT2D eigenvalue weighted by Gasteiger charge is 2.16. The minimum atomic E-state index is -0.461. The van der Waals surface area contributed by atoms with Crippen molar-refractivity contribution >= 4 is 12.0 Å². The average molecular weight is 322 g/mol. The molecule has 1 atom stereocenters. The molecular weight excluding hydrogens is 296 g/mol. The van der Waals surface area contributed by atoms with E-state index in [1.165, 1.54) is 0 Å². The Morgan fingerprint density at radius 2 is 1.83 bits per heavy atom. The molecule has 0 radical (unpaired) electrons. The number of benzene rings is 1. The van der Waals surface area contributed by atoms with E-state index in [1.807, 2.05) is 0 Å². The van der Waals surface area contributed by atoms with Gasteiger partial charge in [-0.3, -0.25) is 4.79 Å². The van der Waals surface area contributed by atoms with E-state index in [2.05, 4.69) is 24.5 Å². The number of carbonyl (C=O) groups excluding carboxylic acids is 2. The van der Waals surface area contributed by atoms with Crippen molar-refractivity contribution in [2.24, 2.45) is 5.92 Å². The van der Waals surface area contributed by atoms with Crippen LogP contribution in [0.3, 0.4) is 0 Å². The molecule has 6 heteroatoms. The van der Waals surface area contributed by atoms with Crippen LogP contribution in [0.5, 0.6) is 5.75 Å². The first-order valence-electron chi connectivity index (χ1n) is 7.81. The highest BCUT2D eigenvalue weighted by atomic mass is 16.5. The summed E-state index contributed by atoms with van der Waals surface area (Å²) < 4.78 is 9.96.